The molecule has 6 nitrogen and oxygen atoms in total. The molecular formula is C20H15F3N2O4. The van der Waals surface area contributed by atoms with Gasteiger partial charge in [-0.25, -0.2) is 4.79 Å². The number of carbonyl (C=O) groups is 2. The maximum atomic E-state index is 12.1. The van der Waals surface area contributed by atoms with Crippen molar-refractivity contribution in [1.29, 1.82) is 5.26 Å². The Bertz CT molecular complexity index is 930. The number of hydrogen-bond acceptors (Lipinski definition) is 5. The van der Waals surface area contributed by atoms with E-state index >= 15 is 0 Å². The van der Waals surface area contributed by atoms with Gasteiger partial charge < -0.3 is 14.8 Å². The molecule has 0 radical (unpaired) electrons. The van der Waals surface area contributed by atoms with Gasteiger partial charge in [0.15, 0.2) is 6.10 Å². The highest BCUT2D eigenvalue weighted by atomic mass is 19.4. The van der Waals surface area contributed by atoms with Crippen molar-refractivity contribution in [1.82, 2.24) is 0 Å². The number of anilines is 1. The van der Waals surface area contributed by atoms with Crippen LogP contribution in [-0.4, -0.2) is 24.3 Å². The number of hydrogen-bond donors (Lipinski definition) is 1. The van der Waals surface area contributed by atoms with Gasteiger partial charge in [0.25, 0.3) is 5.91 Å². The summed E-state index contributed by atoms with van der Waals surface area (Å²) in [4.78, 5) is 23.9. The summed E-state index contributed by atoms with van der Waals surface area (Å²) in [5.74, 6) is -1.84. The fraction of sp³-hybridized carbons (Fsp3) is 0.150. The van der Waals surface area contributed by atoms with Gasteiger partial charge in [0.2, 0.25) is 0 Å². The number of amides is 1. The molecule has 0 unspecified atom stereocenters. The van der Waals surface area contributed by atoms with E-state index < -0.39 is 30.1 Å². The number of nitriles is 1. The lowest BCUT2D eigenvalue weighted by atomic mass is 10.1. The van der Waals surface area contributed by atoms with E-state index in [0.29, 0.717) is 11.1 Å². The second-order valence-electron chi connectivity index (χ2n) is 5.71. The van der Waals surface area contributed by atoms with E-state index in [-0.39, 0.29) is 5.69 Å². The van der Waals surface area contributed by atoms with Gasteiger partial charge in [-0.1, -0.05) is 12.1 Å². The first-order valence-corrected chi connectivity index (χ1v) is 8.22. The molecule has 1 amide bonds. The van der Waals surface area contributed by atoms with Gasteiger partial charge in [0.1, 0.15) is 5.75 Å². The van der Waals surface area contributed by atoms with Crippen LogP contribution in [0.15, 0.2) is 54.6 Å². The van der Waals surface area contributed by atoms with E-state index in [1.165, 1.54) is 25.1 Å². The molecule has 0 aliphatic carbocycles. The zero-order valence-electron chi connectivity index (χ0n) is 15.1. The molecule has 0 fully saturated rings. The molecule has 0 saturated heterocycles. The number of nitrogens with one attached hydrogen (secondary N) is 1. The van der Waals surface area contributed by atoms with Gasteiger partial charge in [-0.2, -0.15) is 5.26 Å². The van der Waals surface area contributed by atoms with Crippen LogP contribution in [0.1, 0.15) is 18.1 Å². The predicted octanol–water partition coefficient (Wildman–Crippen LogP) is 4.04. The number of carbonyl (C=O) groups excluding carboxylic acids is 2. The van der Waals surface area contributed by atoms with Gasteiger partial charge in [-0.05, 0) is 55.0 Å². The quantitative estimate of drug-likeness (QED) is 0.580. The number of ether oxygens (including phenoxy) is 2. The number of benzene rings is 2. The fourth-order valence-corrected chi connectivity index (χ4v) is 2.08. The molecule has 0 aliphatic rings. The van der Waals surface area contributed by atoms with Gasteiger partial charge in [0, 0.05) is 11.8 Å². The molecule has 0 saturated carbocycles. The van der Waals surface area contributed by atoms with Crippen LogP contribution < -0.4 is 10.1 Å². The first-order valence-electron chi connectivity index (χ1n) is 8.22. The van der Waals surface area contributed by atoms with Gasteiger partial charge >= 0.3 is 12.3 Å². The van der Waals surface area contributed by atoms with Gasteiger partial charge in [-0.15, -0.1) is 13.2 Å². The van der Waals surface area contributed by atoms with E-state index in [0.717, 1.165) is 18.2 Å². The van der Waals surface area contributed by atoms with Crippen molar-refractivity contribution < 1.29 is 32.2 Å². The van der Waals surface area contributed by atoms with Crippen LogP contribution in [0.5, 0.6) is 5.75 Å². The Kier molecular flexibility index (Phi) is 6.98. The minimum absolute atomic E-state index is 0.209. The molecule has 0 aromatic heterocycles. The van der Waals surface area contributed by atoms with Crippen molar-refractivity contribution in [3.8, 4) is 11.8 Å². The third-order valence-electron chi connectivity index (χ3n) is 3.47. The van der Waals surface area contributed by atoms with Crippen molar-refractivity contribution >= 4 is 23.6 Å². The van der Waals surface area contributed by atoms with Crippen LogP contribution in [-0.2, 0) is 14.3 Å². The van der Waals surface area contributed by atoms with E-state index in [1.54, 1.807) is 24.3 Å². The van der Waals surface area contributed by atoms with E-state index in [2.05, 4.69) is 10.1 Å². The Hall–Kier alpha value is -3.80. The normalized spacial score (nSPS) is 12.1. The summed E-state index contributed by atoms with van der Waals surface area (Å²) < 4.78 is 45.1. The smallest absolute Gasteiger partial charge is 0.449 e. The Morgan fingerprint density at radius 1 is 1.10 bits per heavy atom. The summed E-state index contributed by atoms with van der Waals surface area (Å²) in [6.45, 7) is 1.35. The second kappa shape index (κ2) is 9.41. The molecule has 1 N–H and O–H groups in total. The van der Waals surface area contributed by atoms with E-state index in [4.69, 9.17) is 10.00 Å². The molecule has 2 aromatic carbocycles. The number of halogens is 3. The Morgan fingerprint density at radius 3 is 2.28 bits per heavy atom. The van der Waals surface area contributed by atoms with Gasteiger partial charge in [-0.3, -0.25) is 4.79 Å². The minimum atomic E-state index is -4.81. The van der Waals surface area contributed by atoms with Crippen molar-refractivity contribution in [2.75, 3.05) is 5.32 Å². The molecule has 150 valence electrons. The molecule has 2 aromatic rings. The number of esters is 1. The number of rotatable bonds is 6. The molecule has 1 atom stereocenters. The van der Waals surface area contributed by atoms with Gasteiger partial charge in [0.05, 0.1) is 11.6 Å². The average Bonchev–Trinajstić information content (AvgIpc) is 2.67. The van der Waals surface area contributed by atoms with Crippen molar-refractivity contribution in [3.05, 3.63) is 65.7 Å². The monoisotopic (exact) mass is 404 g/mol. The zero-order valence-corrected chi connectivity index (χ0v) is 15.1. The molecule has 2 rings (SSSR count). The lowest BCUT2D eigenvalue weighted by molar-refractivity contribution is -0.274. The highest BCUT2D eigenvalue weighted by Crippen LogP contribution is 2.24. The lowest BCUT2D eigenvalue weighted by Crippen LogP contribution is -2.29. The van der Waals surface area contributed by atoms with Crippen molar-refractivity contribution in [2.24, 2.45) is 0 Å². The first-order chi connectivity index (χ1) is 13.7. The van der Waals surface area contributed by atoms with E-state index in [9.17, 15) is 22.8 Å². The largest absolute Gasteiger partial charge is 0.573 e. The summed E-state index contributed by atoms with van der Waals surface area (Å²) in [6, 6.07) is 13.0. The van der Waals surface area contributed by atoms with Crippen LogP contribution in [0.4, 0.5) is 18.9 Å². The van der Waals surface area contributed by atoms with E-state index in [1.807, 2.05) is 6.07 Å². The van der Waals surface area contributed by atoms with Crippen molar-refractivity contribution in [3.63, 3.8) is 0 Å². The number of alkyl halides is 3. The third-order valence-corrected chi connectivity index (χ3v) is 3.47. The molecule has 9 heteroatoms. The Labute approximate surface area is 164 Å². The molecule has 0 bridgehead atoms. The SMILES string of the molecule is C[C@@H](OC(=O)/C=C/c1ccc(C#N)cc1)C(=O)Nc1ccc(OC(F)(F)F)cc1. The molecule has 29 heavy (non-hydrogen) atoms. The van der Waals surface area contributed by atoms with Crippen LogP contribution in [0.2, 0.25) is 0 Å². The van der Waals surface area contributed by atoms with Crippen LogP contribution >= 0.6 is 0 Å². The summed E-state index contributed by atoms with van der Waals surface area (Å²) in [5, 5.41) is 11.1. The van der Waals surface area contributed by atoms with Crippen LogP contribution in [0.25, 0.3) is 6.08 Å². The Morgan fingerprint density at radius 2 is 1.72 bits per heavy atom. The average molecular weight is 404 g/mol. The molecule has 0 spiro atoms. The summed E-state index contributed by atoms with van der Waals surface area (Å²) in [5.41, 5.74) is 1.35. The van der Waals surface area contributed by atoms with Crippen LogP contribution in [0.3, 0.4) is 0 Å². The maximum absolute atomic E-state index is 12.1. The highest BCUT2D eigenvalue weighted by molar-refractivity contribution is 5.96. The molecular weight excluding hydrogens is 389 g/mol. The zero-order chi connectivity index (χ0) is 21.4. The second-order valence-corrected chi connectivity index (χ2v) is 5.71. The first kappa shape index (κ1) is 21.5. The highest BCUT2D eigenvalue weighted by Gasteiger charge is 2.31. The molecule has 0 heterocycles. The minimum Gasteiger partial charge on any atom is -0.449 e. The summed E-state index contributed by atoms with van der Waals surface area (Å²) >= 11 is 0. The van der Waals surface area contributed by atoms with Crippen molar-refractivity contribution in [2.45, 2.75) is 19.4 Å². The topological polar surface area (TPSA) is 88.4 Å². The fourth-order valence-electron chi connectivity index (χ4n) is 2.08. The number of nitrogens with zero attached hydrogens (tertiary/aromatic N) is 1. The third kappa shape index (κ3) is 7.38. The van der Waals surface area contributed by atoms with Crippen LogP contribution in [0, 0.1) is 11.3 Å². The summed E-state index contributed by atoms with van der Waals surface area (Å²) in [7, 11) is 0. The predicted molar refractivity (Wildman–Crippen MR) is 97.5 cm³/mol. The standard InChI is InChI=1S/C20H15F3N2O4/c1-13(28-18(26)11-6-14-2-4-15(12-24)5-3-14)19(27)25-16-7-9-17(10-8-16)29-20(21,22)23/h2-11,13H,1H3,(H,25,27)/b11-6+/t13-/m1/s1. The summed E-state index contributed by atoms with van der Waals surface area (Å²) in [6.07, 6.45) is -3.35. The Balaban J connectivity index is 1.86. The lowest BCUT2D eigenvalue weighted by Gasteiger charge is -2.13. The maximum Gasteiger partial charge on any atom is 0.573 e. The molecule has 0 aliphatic heterocycles.